The third kappa shape index (κ3) is 2.35. The van der Waals surface area contributed by atoms with E-state index in [1.807, 2.05) is 7.05 Å². The molecule has 0 N–H and O–H groups in total. The molecule has 1 aliphatic heterocycles. The number of amidine groups is 1. The van der Waals surface area contributed by atoms with Crippen LogP contribution in [0.2, 0.25) is 0 Å². The van der Waals surface area contributed by atoms with E-state index in [0.717, 1.165) is 12.0 Å². The number of aliphatic imine (C=N–C) groups is 1. The Morgan fingerprint density at radius 3 is 2.53 bits per heavy atom. The molecule has 0 amide bonds. The highest BCUT2D eigenvalue weighted by Gasteiger charge is 2.31. The zero-order chi connectivity index (χ0) is 10.7. The molecule has 1 aliphatic carbocycles. The maximum absolute atomic E-state index is 4.42. The number of nitrogens with zero attached hydrogens (tertiary/aromatic N) is 2. The number of hydrogen-bond acceptors (Lipinski definition) is 1. The lowest BCUT2D eigenvalue weighted by molar-refractivity contribution is 0.177. The monoisotopic (exact) mass is 208 g/mol. The SMILES string of the molecule is C/N=C1\CCC2CCCCCCC2N1C. The number of piperidine rings is 1. The van der Waals surface area contributed by atoms with Crippen LogP contribution in [-0.2, 0) is 0 Å². The van der Waals surface area contributed by atoms with Gasteiger partial charge in [-0.1, -0.05) is 25.7 Å². The summed E-state index contributed by atoms with van der Waals surface area (Å²) >= 11 is 0. The molecular formula is C13H24N2. The molecule has 2 fully saturated rings. The van der Waals surface area contributed by atoms with Crippen LogP contribution in [0.15, 0.2) is 4.99 Å². The number of hydrogen-bond donors (Lipinski definition) is 0. The van der Waals surface area contributed by atoms with Crippen LogP contribution in [0, 0.1) is 5.92 Å². The molecule has 2 unspecified atom stereocenters. The Bertz CT molecular complexity index is 235. The summed E-state index contributed by atoms with van der Waals surface area (Å²) in [6, 6.07) is 0.790. The molecule has 1 heterocycles. The van der Waals surface area contributed by atoms with Gasteiger partial charge >= 0.3 is 0 Å². The van der Waals surface area contributed by atoms with Crippen molar-refractivity contribution in [1.82, 2.24) is 4.90 Å². The molecule has 1 saturated heterocycles. The lowest BCUT2D eigenvalue weighted by Gasteiger charge is -2.42. The second-order valence-corrected chi connectivity index (χ2v) is 5.11. The second-order valence-electron chi connectivity index (χ2n) is 5.11. The van der Waals surface area contributed by atoms with Gasteiger partial charge in [-0.05, 0) is 25.2 Å². The normalized spacial score (nSPS) is 35.9. The van der Waals surface area contributed by atoms with Crippen LogP contribution in [0.3, 0.4) is 0 Å². The van der Waals surface area contributed by atoms with Gasteiger partial charge in [0, 0.05) is 26.6 Å². The second kappa shape index (κ2) is 5.00. The molecule has 15 heavy (non-hydrogen) atoms. The number of likely N-dealkylation sites (tertiary alicyclic amines) is 1. The van der Waals surface area contributed by atoms with E-state index in [1.165, 1.54) is 57.2 Å². The van der Waals surface area contributed by atoms with Gasteiger partial charge in [0.1, 0.15) is 0 Å². The summed E-state index contributed by atoms with van der Waals surface area (Å²) < 4.78 is 0. The fourth-order valence-electron chi connectivity index (χ4n) is 3.34. The van der Waals surface area contributed by atoms with E-state index in [0.29, 0.717) is 0 Å². The fourth-order valence-corrected chi connectivity index (χ4v) is 3.34. The highest BCUT2D eigenvalue weighted by molar-refractivity contribution is 5.83. The van der Waals surface area contributed by atoms with Crippen LogP contribution in [0.4, 0.5) is 0 Å². The summed E-state index contributed by atoms with van der Waals surface area (Å²) in [4.78, 5) is 6.89. The van der Waals surface area contributed by atoms with Crippen LogP contribution in [0.1, 0.15) is 51.4 Å². The van der Waals surface area contributed by atoms with Gasteiger partial charge in [-0.2, -0.15) is 0 Å². The van der Waals surface area contributed by atoms with Gasteiger partial charge in [-0.25, -0.2) is 0 Å². The molecule has 2 heteroatoms. The van der Waals surface area contributed by atoms with Crippen LogP contribution < -0.4 is 0 Å². The van der Waals surface area contributed by atoms with Gasteiger partial charge in [0.25, 0.3) is 0 Å². The molecular weight excluding hydrogens is 184 g/mol. The Hall–Kier alpha value is -0.530. The fraction of sp³-hybridized carbons (Fsp3) is 0.923. The summed E-state index contributed by atoms with van der Waals surface area (Å²) in [5.74, 6) is 2.28. The van der Waals surface area contributed by atoms with Gasteiger partial charge in [0.15, 0.2) is 0 Å². The molecule has 2 atom stereocenters. The highest BCUT2D eigenvalue weighted by Crippen LogP contribution is 2.33. The lowest BCUT2D eigenvalue weighted by atomic mass is 9.80. The van der Waals surface area contributed by atoms with Crippen LogP contribution in [0.25, 0.3) is 0 Å². The van der Waals surface area contributed by atoms with Gasteiger partial charge in [-0.15, -0.1) is 0 Å². The van der Waals surface area contributed by atoms with E-state index in [9.17, 15) is 0 Å². The van der Waals surface area contributed by atoms with E-state index in [4.69, 9.17) is 0 Å². The molecule has 2 nitrogen and oxygen atoms in total. The van der Waals surface area contributed by atoms with Crippen molar-refractivity contribution in [2.45, 2.75) is 57.4 Å². The van der Waals surface area contributed by atoms with E-state index < -0.39 is 0 Å². The van der Waals surface area contributed by atoms with Gasteiger partial charge in [0.05, 0.1) is 5.84 Å². The molecule has 2 rings (SSSR count). The minimum atomic E-state index is 0.790. The highest BCUT2D eigenvalue weighted by atomic mass is 15.2. The summed E-state index contributed by atoms with van der Waals surface area (Å²) in [6.45, 7) is 0. The van der Waals surface area contributed by atoms with Gasteiger partial charge in [0.2, 0.25) is 0 Å². The van der Waals surface area contributed by atoms with Crippen molar-refractivity contribution in [2.24, 2.45) is 10.9 Å². The van der Waals surface area contributed by atoms with Crippen LogP contribution >= 0.6 is 0 Å². The maximum atomic E-state index is 4.42. The van der Waals surface area contributed by atoms with Gasteiger partial charge in [-0.3, -0.25) is 4.99 Å². The standard InChI is InChI=1S/C13H24N2/c1-14-13-10-9-11-7-5-3-4-6-8-12(11)15(13)2/h11-12H,3-10H2,1-2H3/b14-13+. The molecule has 0 aromatic carbocycles. The van der Waals surface area contributed by atoms with Crippen molar-refractivity contribution in [3.05, 3.63) is 0 Å². The molecule has 1 saturated carbocycles. The van der Waals surface area contributed by atoms with Gasteiger partial charge < -0.3 is 4.90 Å². The summed E-state index contributed by atoms with van der Waals surface area (Å²) in [6.07, 6.45) is 11.2. The van der Waals surface area contributed by atoms with E-state index >= 15 is 0 Å². The third-order valence-corrected chi connectivity index (χ3v) is 4.27. The Morgan fingerprint density at radius 2 is 1.80 bits per heavy atom. The predicted molar refractivity (Wildman–Crippen MR) is 65.3 cm³/mol. The van der Waals surface area contributed by atoms with Crippen molar-refractivity contribution < 1.29 is 0 Å². The topological polar surface area (TPSA) is 15.6 Å². The largest absolute Gasteiger partial charge is 0.360 e. The van der Waals surface area contributed by atoms with Crippen molar-refractivity contribution in [3.8, 4) is 0 Å². The van der Waals surface area contributed by atoms with Crippen LogP contribution in [-0.4, -0.2) is 30.9 Å². The molecule has 86 valence electrons. The lowest BCUT2D eigenvalue weighted by Crippen LogP contribution is -2.46. The number of rotatable bonds is 0. The Balaban J connectivity index is 2.06. The Morgan fingerprint density at radius 1 is 1.07 bits per heavy atom. The Labute approximate surface area is 93.8 Å². The molecule has 0 spiro atoms. The third-order valence-electron chi connectivity index (χ3n) is 4.27. The molecule has 2 aliphatic rings. The first kappa shape index (κ1) is 11.0. The first-order valence-electron chi connectivity index (χ1n) is 6.51. The van der Waals surface area contributed by atoms with Crippen molar-refractivity contribution in [2.75, 3.05) is 14.1 Å². The average Bonchev–Trinajstić information content (AvgIpc) is 2.20. The van der Waals surface area contributed by atoms with E-state index in [1.54, 1.807) is 0 Å². The zero-order valence-electron chi connectivity index (χ0n) is 10.2. The first-order chi connectivity index (χ1) is 7.33. The van der Waals surface area contributed by atoms with Crippen molar-refractivity contribution in [1.29, 1.82) is 0 Å². The first-order valence-corrected chi connectivity index (χ1v) is 6.51. The summed E-state index contributed by atoms with van der Waals surface area (Å²) in [5.41, 5.74) is 0. The quantitative estimate of drug-likeness (QED) is 0.597. The minimum absolute atomic E-state index is 0.790. The Kier molecular flexibility index (Phi) is 3.66. The number of fused-ring (bicyclic) bond motifs is 1. The molecule has 0 aromatic heterocycles. The average molecular weight is 208 g/mol. The molecule has 0 aromatic rings. The summed E-state index contributed by atoms with van der Waals surface area (Å²) in [7, 11) is 4.19. The van der Waals surface area contributed by atoms with Crippen molar-refractivity contribution in [3.63, 3.8) is 0 Å². The predicted octanol–water partition coefficient (Wildman–Crippen LogP) is 3.08. The molecule has 0 bridgehead atoms. The minimum Gasteiger partial charge on any atom is -0.360 e. The van der Waals surface area contributed by atoms with Crippen LogP contribution in [0.5, 0.6) is 0 Å². The molecule has 0 radical (unpaired) electrons. The van der Waals surface area contributed by atoms with E-state index in [2.05, 4.69) is 16.9 Å². The van der Waals surface area contributed by atoms with Crippen molar-refractivity contribution >= 4 is 5.84 Å². The smallest absolute Gasteiger partial charge is 0.0985 e. The summed E-state index contributed by atoms with van der Waals surface area (Å²) in [5, 5.41) is 0. The van der Waals surface area contributed by atoms with E-state index in [-0.39, 0.29) is 0 Å². The zero-order valence-corrected chi connectivity index (χ0v) is 10.2. The maximum Gasteiger partial charge on any atom is 0.0985 e.